The van der Waals surface area contributed by atoms with Crippen LogP contribution in [0, 0.1) is 0 Å². The van der Waals surface area contributed by atoms with E-state index in [2.05, 4.69) is 244 Å². The Morgan fingerprint density at radius 2 is 0.710 bits per heavy atom. The number of para-hydroxylation sites is 2. The van der Waals surface area contributed by atoms with Gasteiger partial charge in [-0.05, 0) is 114 Å². The Balaban J connectivity index is 0.946. The number of fused-ring (bicyclic) bond motifs is 5. The minimum atomic E-state index is -0.0341. The molecule has 0 aliphatic heterocycles. The van der Waals surface area contributed by atoms with Gasteiger partial charge in [-0.15, -0.1) is 0 Å². The molecule has 0 amide bonds. The summed E-state index contributed by atoms with van der Waals surface area (Å²) in [5, 5.41) is 7.31. The van der Waals surface area contributed by atoms with Crippen molar-refractivity contribution in [2.24, 2.45) is 0 Å². The molecule has 1 aromatic heterocycles. The first-order valence-electron chi connectivity index (χ1n) is 21.5. The normalized spacial score (nSPS) is 11.8. The summed E-state index contributed by atoms with van der Waals surface area (Å²) >= 11 is 0. The largest absolute Gasteiger partial charge is 0.455 e. The highest BCUT2D eigenvalue weighted by atomic mass is 16.3. The zero-order valence-electron chi connectivity index (χ0n) is 35.1. The van der Waals surface area contributed by atoms with Gasteiger partial charge in [0.25, 0.3) is 0 Å². The van der Waals surface area contributed by atoms with Gasteiger partial charge in [0, 0.05) is 39.0 Å². The van der Waals surface area contributed by atoms with E-state index in [1.54, 1.807) is 0 Å². The minimum Gasteiger partial charge on any atom is -0.455 e. The lowest BCUT2D eigenvalue weighted by Crippen LogP contribution is -2.10. The van der Waals surface area contributed by atoms with Crippen molar-refractivity contribution in [3.8, 4) is 44.5 Å². The van der Waals surface area contributed by atoms with Crippen LogP contribution in [-0.4, -0.2) is 0 Å². The number of benzene rings is 10. The van der Waals surface area contributed by atoms with Crippen molar-refractivity contribution in [1.29, 1.82) is 0 Å². The summed E-state index contributed by atoms with van der Waals surface area (Å²) in [5.74, 6) is 0. The van der Waals surface area contributed by atoms with Gasteiger partial charge in [-0.3, -0.25) is 0 Å². The Bertz CT molecular complexity index is 3400. The Morgan fingerprint density at radius 3 is 1.19 bits per heavy atom. The first-order chi connectivity index (χ1) is 30.3. The highest BCUT2D eigenvalue weighted by Crippen LogP contribution is 2.42. The molecule has 1 heterocycles. The van der Waals surface area contributed by atoms with Gasteiger partial charge in [-0.2, -0.15) is 0 Å². The van der Waals surface area contributed by atoms with Crippen molar-refractivity contribution < 1.29 is 4.42 Å². The summed E-state index contributed by atoms with van der Waals surface area (Å²) in [6.07, 6.45) is 0. The molecule has 0 spiro atoms. The zero-order chi connectivity index (χ0) is 41.8. The fraction of sp³-hybridized carbons (Fsp3) is 0.0667. The van der Waals surface area contributed by atoms with E-state index in [4.69, 9.17) is 4.42 Å². The Hall–Kier alpha value is -7.68. The number of anilines is 3. The predicted molar refractivity (Wildman–Crippen MR) is 264 cm³/mol. The van der Waals surface area contributed by atoms with E-state index in [1.165, 1.54) is 60.5 Å². The molecule has 296 valence electrons. The van der Waals surface area contributed by atoms with Gasteiger partial charge in [-0.1, -0.05) is 191 Å². The van der Waals surface area contributed by atoms with E-state index < -0.39 is 0 Å². The van der Waals surface area contributed by atoms with E-state index in [0.29, 0.717) is 0 Å². The molecule has 0 aliphatic carbocycles. The first kappa shape index (κ1) is 37.3. The van der Waals surface area contributed by atoms with Crippen LogP contribution in [-0.2, 0) is 5.41 Å². The molecule has 11 aromatic rings. The first-order valence-corrected chi connectivity index (χ1v) is 21.5. The lowest BCUT2D eigenvalue weighted by molar-refractivity contribution is 0.573. The Kier molecular flexibility index (Phi) is 9.09. The molecule has 0 aliphatic rings. The quantitative estimate of drug-likeness (QED) is 0.160. The predicted octanol–water partition coefficient (Wildman–Crippen LogP) is 17.3. The van der Waals surface area contributed by atoms with Crippen LogP contribution >= 0.6 is 0 Å². The molecular formula is C60H45NO. The lowest BCUT2D eigenvalue weighted by Gasteiger charge is -2.26. The molecule has 10 aromatic carbocycles. The van der Waals surface area contributed by atoms with Crippen molar-refractivity contribution in [3.63, 3.8) is 0 Å². The topological polar surface area (TPSA) is 16.4 Å². The number of rotatable bonds is 7. The van der Waals surface area contributed by atoms with Crippen LogP contribution in [0.25, 0.3) is 88.0 Å². The molecule has 0 atom stereocenters. The average molecular weight is 796 g/mol. The van der Waals surface area contributed by atoms with Gasteiger partial charge >= 0.3 is 0 Å². The summed E-state index contributed by atoms with van der Waals surface area (Å²) in [6, 6.07) is 79.2. The summed E-state index contributed by atoms with van der Waals surface area (Å²) in [5.41, 5.74) is 15.7. The molecule has 0 N–H and O–H groups in total. The van der Waals surface area contributed by atoms with Gasteiger partial charge in [0.1, 0.15) is 11.2 Å². The molecule has 2 heteroatoms. The lowest BCUT2D eigenvalue weighted by atomic mass is 9.86. The summed E-state index contributed by atoms with van der Waals surface area (Å²) in [4.78, 5) is 2.35. The summed E-state index contributed by atoms with van der Waals surface area (Å²) in [6.45, 7) is 6.74. The Morgan fingerprint density at radius 1 is 0.323 bits per heavy atom. The third kappa shape index (κ3) is 6.80. The number of nitrogens with zero attached hydrogens (tertiary/aromatic N) is 1. The van der Waals surface area contributed by atoms with Crippen LogP contribution in [0.1, 0.15) is 26.3 Å². The average Bonchev–Trinajstić information content (AvgIpc) is 3.71. The van der Waals surface area contributed by atoms with Crippen LogP contribution < -0.4 is 4.90 Å². The van der Waals surface area contributed by atoms with E-state index >= 15 is 0 Å². The van der Waals surface area contributed by atoms with Crippen molar-refractivity contribution >= 4 is 60.5 Å². The highest BCUT2D eigenvalue weighted by molar-refractivity contribution is 6.10. The van der Waals surface area contributed by atoms with Crippen LogP contribution in [0.4, 0.5) is 17.1 Å². The van der Waals surface area contributed by atoms with Gasteiger partial charge in [0.2, 0.25) is 0 Å². The van der Waals surface area contributed by atoms with Crippen molar-refractivity contribution in [2.45, 2.75) is 26.2 Å². The molecule has 0 radical (unpaired) electrons. The summed E-state index contributed by atoms with van der Waals surface area (Å²) < 4.78 is 6.76. The van der Waals surface area contributed by atoms with E-state index in [-0.39, 0.29) is 5.41 Å². The standard InChI is InChI=1S/C60H45NO/c1-60(2,3)57-17-9-16-56-55-15-8-14-54(58(55)62-59(56)57)46-30-36-53(37-31-46)61(52-34-28-45(29-35-52)50-25-23-41-11-5-7-13-48(41)39-50)51-32-26-43(27-33-51)42-18-20-44(21-19-42)49-24-22-40-10-4-6-12-47(40)38-49/h4-39H,1-3H3. The summed E-state index contributed by atoms with van der Waals surface area (Å²) in [7, 11) is 0. The van der Waals surface area contributed by atoms with E-state index in [0.717, 1.165) is 50.1 Å². The van der Waals surface area contributed by atoms with Crippen LogP contribution in [0.15, 0.2) is 223 Å². The van der Waals surface area contributed by atoms with Crippen molar-refractivity contribution in [3.05, 3.63) is 224 Å². The smallest absolute Gasteiger partial charge is 0.143 e. The van der Waals surface area contributed by atoms with Crippen LogP contribution in [0.2, 0.25) is 0 Å². The maximum Gasteiger partial charge on any atom is 0.143 e. The second-order valence-electron chi connectivity index (χ2n) is 17.4. The molecule has 0 saturated heterocycles. The van der Waals surface area contributed by atoms with Gasteiger partial charge < -0.3 is 9.32 Å². The van der Waals surface area contributed by atoms with Gasteiger partial charge in [-0.25, -0.2) is 0 Å². The van der Waals surface area contributed by atoms with Crippen LogP contribution in [0.5, 0.6) is 0 Å². The second kappa shape index (κ2) is 15.1. The van der Waals surface area contributed by atoms with Gasteiger partial charge in [0.05, 0.1) is 0 Å². The molecule has 0 saturated carbocycles. The molecule has 0 bridgehead atoms. The fourth-order valence-electron chi connectivity index (χ4n) is 9.07. The maximum atomic E-state index is 6.76. The van der Waals surface area contributed by atoms with Crippen molar-refractivity contribution in [2.75, 3.05) is 4.90 Å². The number of hydrogen-bond acceptors (Lipinski definition) is 2. The van der Waals surface area contributed by atoms with Gasteiger partial charge in [0.15, 0.2) is 0 Å². The SMILES string of the molecule is CC(C)(C)c1cccc2c1oc1c(-c3ccc(N(c4ccc(-c5ccc(-c6ccc7ccccc7c6)cc5)cc4)c4ccc(-c5ccc6ccccc6c5)cc4)cc3)cccc12. The molecular weight excluding hydrogens is 751 g/mol. The zero-order valence-corrected chi connectivity index (χ0v) is 35.1. The third-order valence-corrected chi connectivity index (χ3v) is 12.4. The monoisotopic (exact) mass is 795 g/mol. The molecule has 2 nitrogen and oxygen atoms in total. The molecule has 11 rings (SSSR count). The van der Waals surface area contributed by atoms with Crippen LogP contribution in [0.3, 0.4) is 0 Å². The minimum absolute atomic E-state index is 0.0341. The number of furan rings is 1. The molecule has 62 heavy (non-hydrogen) atoms. The van der Waals surface area contributed by atoms with Crippen molar-refractivity contribution in [1.82, 2.24) is 0 Å². The highest BCUT2D eigenvalue weighted by Gasteiger charge is 2.22. The molecule has 0 fully saturated rings. The Labute approximate surface area is 363 Å². The van der Waals surface area contributed by atoms with E-state index in [9.17, 15) is 0 Å². The third-order valence-electron chi connectivity index (χ3n) is 12.4. The fourth-order valence-corrected chi connectivity index (χ4v) is 9.07. The maximum absolute atomic E-state index is 6.76. The second-order valence-corrected chi connectivity index (χ2v) is 17.4. The van der Waals surface area contributed by atoms with E-state index in [1.807, 2.05) is 0 Å². The number of hydrogen-bond donors (Lipinski definition) is 0. The molecule has 0 unspecified atom stereocenters.